The molecule has 6 nitrogen and oxygen atoms in total. The number of carbonyl (C=O) groups excluding carboxylic acids is 2. The van der Waals surface area contributed by atoms with Gasteiger partial charge in [-0.1, -0.05) is 52.0 Å². The summed E-state index contributed by atoms with van der Waals surface area (Å²) in [4.78, 5) is 27.2. The summed E-state index contributed by atoms with van der Waals surface area (Å²) in [6.45, 7) is -0.140. The minimum Gasteiger partial charge on any atom is -0.497 e. The molecule has 0 aliphatic carbocycles. The van der Waals surface area contributed by atoms with Gasteiger partial charge in [-0.3, -0.25) is 14.5 Å². The molecule has 0 bridgehead atoms. The van der Waals surface area contributed by atoms with E-state index in [-0.39, 0.29) is 18.4 Å². The van der Waals surface area contributed by atoms with Crippen molar-refractivity contribution in [2.75, 3.05) is 23.9 Å². The van der Waals surface area contributed by atoms with E-state index in [9.17, 15) is 9.59 Å². The zero-order valence-electron chi connectivity index (χ0n) is 18.0. The minimum absolute atomic E-state index is 0.140. The molecule has 0 saturated carbocycles. The predicted molar refractivity (Wildman–Crippen MR) is 143 cm³/mol. The number of rotatable bonds is 7. The van der Waals surface area contributed by atoms with Crippen LogP contribution in [0.25, 0.3) is 6.08 Å². The van der Waals surface area contributed by atoms with Crippen LogP contribution in [0.3, 0.4) is 0 Å². The number of benzene rings is 3. The molecule has 9 heteroatoms. The van der Waals surface area contributed by atoms with Crippen LogP contribution >= 0.6 is 39.9 Å². The first-order chi connectivity index (χ1) is 16.4. The maximum atomic E-state index is 13.0. The maximum Gasteiger partial charge on any atom is 0.270 e. The molecule has 0 unspecified atom stereocenters. The van der Waals surface area contributed by atoms with E-state index in [1.807, 2.05) is 18.2 Å². The molecule has 0 radical (unpaired) electrons. The van der Waals surface area contributed by atoms with Gasteiger partial charge < -0.3 is 14.8 Å². The fourth-order valence-electron chi connectivity index (χ4n) is 3.15. The molecule has 1 fully saturated rings. The number of carbonyl (C=O) groups is 2. The van der Waals surface area contributed by atoms with Gasteiger partial charge in [0.2, 0.25) is 0 Å². The Balaban J connectivity index is 1.41. The van der Waals surface area contributed by atoms with Gasteiger partial charge in [-0.15, -0.1) is 0 Å². The molecule has 172 valence electrons. The molecule has 0 spiro atoms. The molecule has 1 saturated heterocycles. The Morgan fingerprint density at radius 1 is 1.09 bits per heavy atom. The first-order valence-corrected chi connectivity index (χ1v) is 12.1. The number of hydrogen-bond donors (Lipinski definition) is 1. The van der Waals surface area contributed by atoms with Crippen molar-refractivity contribution in [1.29, 1.82) is 0 Å². The summed E-state index contributed by atoms with van der Waals surface area (Å²) in [6, 6.07) is 21.6. The lowest BCUT2D eigenvalue weighted by Gasteiger charge is -2.14. The Morgan fingerprint density at radius 2 is 1.82 bits per heavy atom. The SMILES string of the molecule is COc1ccc(N2C(=O)/C(=C/c3cccc(OCC(=O)Nc4ccc(Br)cc4)c3)SC2=S)cc1. The summed E-state index contributed by atoms with van der Waals surface area (Å²) in [7, 11) is 1.59. The van der Waals surface area contributed by atoms with Crippen LogP contribution in [0.1, 0.15) is 5.56 Å². The van der Waals surface area contributed by atoms with Crippen molar-refractivity contribution in [3.63, 3.8) is 0 Å². The highest BCUT2D eigenvalue weighted by molar-refractivity contribution is 9.10. The Labute approximate surface area is 215 Å². The third-order valence-corrected chi connectivity index (χ3v) is 6.61. The standard InChI is InChI=1S/C25H19BrN2O4S2/c1-31-20-11-9-19(10-12-20)28-24(30)22(34-25(28)33)14-16-3-2-4-21(13-16)32-15-23(29)27-18-7-5-17(26)6-8-18/h2-14H,15H2,1H3,(H,27,29)/b22-14-. The second kappa shape index (κ2) is 10.9. The number of thiocarbonyl (C=S) groups is 1. The van der Waals surface area contributed by atoms with E-state index in [2.05, 4.69) is 21.2 Å². The van der Waals surface area contributed by atoms with Crippen molar-refractivity contribution in [2.45, 2.75) is 0 Å². The summed E-state index contributed by atoms with van der Waals surface area (Å²) < 4.78 is 12.2. The van der Waals surface area contributed by atoms with Crippen molar-refractivity contribution >= 4 is 73.5 Å². The molecule has 3 aromatic rings. The molecule has 2 amide bonds. The molecule has 0 aromatic heterocycles. The molecule has 1 heterocycles. The summed E-state index contributed by atoms with van der Waals surface area (Å²) >= 11 is 10.0. The zero-order valence-corrected chi connectivity index (χ0v) is 21.2. The van der Waals surface area contributed by atoms with Crippen molar-refractivity contribution in [2.24, 2.45) is 0 Å². The lowest BCUT2D eigenvalue weighted by molar-refractivity contribution is -0.118. The molecular weight excluding hydrogens is 536 g/mol. The summed E-state index contributed by atoms with van der Waals surface area (Å²) in [5, 5.41) is 2.78. The number of methoxy groups -OCH3 is 1. The van der Waals surface area contributed by atoms with Crippen LogP contribution in [0.5, 0.6) is 11.5 Å². The Kier molecular flexibility index (Phi) is 7.66. The average molecular weight is 555 g/mol. The fourth-order valence-corrected chi connectivity index (χ4v) is 4.71. The van der Waals surface area contributed by atoms with E-state index in [4.69, 9.17) is 21.7 Å². The smallest absolute Gasteiger partial charge is 0.270 e. The molecule has 1 aliphatic heterocycles. The maximum absolute atomic E-state index is 13.0. The van der Waals surface area contributed by atoms with Crippen molar-refractivity contribution in [3.8, 4) is 11.5 Å². The van der Waals surface area contributed by atoms with E-state index in [0.29, 0.717) is 32.1 Å². The first-order valence-electron chi connectivity index (χ1n) is 10.1. The Bertz CT molecular complexity index is 1260. The van der Waals surface area contributed by atoms with E-state index in [1.165, 1.54) is 16.7 Å². The minimum atomic E-state index is -0.270. The largest absolute Gasteiger partial charge is 0.497 e. The van der Waals surface area contributed by atoms with E-state index < -0.39 is 0 Å². The molecule has 34 heavy (non-hydrogen) atoms. The van der Waals surface area contributed by atoms with Gasteiger partial charge in [-0.05, 0) is 72.3 Å². The Hall–Kier alpha value is -3.14. The Morgan fingerprint density at radius 3 is 2.53 bits per heavy atom. The molecule has 0 atom stereocenters. The summed E-state index contributed by atoms with van der Waals surface area (Å²) in [5.41, 5.74) is 2.13. The number of thioether (sulfide) groups is 1. The highest BCUT2D eigenvalue weighted by atomic mass is 79.9. The van der Waals surface area contributed by atoms with Gasteiger partial charge in [-0.2, -0.15) is 0 Å². The highest BCUT2D eigenvalue weighted by Crippen LogP contribution is 2.36. The number of ether oxygens (including phenoxy) is 2. The molecule has 3 aromatic carbocycles. The van der Waals surface area contributed by atoms with Gasteiger partial charge in [-0.25, -0.2) is 0 Å². The topological polar surface area (TPSA) is 67.9 Å². The molecule has 1 N–H and O–H groups in total. The van der Waals surface area contributed by atoms with Crippen LogP contribution in [0.4, 0.5) is 11.4 Å². The number of anilines is 2. The summed E-state index contributed by atoms with van der Waals surface area (Å²) in [6.07, 6.45) is 1.76. The van der Waals surface area contributed by atoms with E-state index >= 15 is 0 Å². The zero-order chi connectivity index (χ0) is 24.1. The number of halogens is 1. The number of nitrogens with one attached hydrogen (secondary N) is 1. The van der Waals surface area contributed by atoms with Gasteiger partial charge in [0.1, 0.15) is 11.5 Å². The van der Waals surface area contributed by atoms with E-state index in [0.717, 1.165) is 10.0 Å². The lowest BCUT2D eigenvalue weighted by atomic mass is 10.2. The van der Waals surface area contributed by atoms with Crippen LogP contribution in [0, 0.1) is 0 Å². The second-order valence-corrected chi connectivity index (χ2v) is 9.72. The van der Waals surface area contributed by atoms with Gasteiger partial charge in [0.15, 0.2) is 10.9 Å². The van der Waals surface area contributed by atoms with Gasteiger partial charge in [0.25, 0.3) is 11.8 Å². The predicted octanol–water partition coefficient (Wildman–Crippen LogP) is 5.88. The molecule has 1 aliphatic rings. The fraction of sp³-hybridized carbons (Fsp3) is 0.0800. The monoisotopic (exact) mass is 554 g/mol. The third kappa shape index (κ3) is 5.85. The molecule has 4 rings (SSSR count). The van der Waals surface area contributed by atoms with Gasteiger partial charge >= 0.3 is 0 Å². The van der Waals surface area contributed by atoms with Crippen LogP contribution in [-0.4, -0.2) is 29.9 Å². The number of hydrogen-bond acceptors (Lipinski definition) is 6. The second-order valence-electron chi connectivity index (χ2n) is 7.13. The molecular formula is C25H19BrN2O4S2. The van der Waals surface area contributed by atoms with Crippen molar-refractivity contribution in [3.05, 3.63) is 87.7 Å². The van der Waals surface area contributed by atoms with Crippen LogP contribution in [0.2, 0.25) is 0 Å². The van der Waals surface area contributed by atoms with Crippen molar-refractivity contribution < 1.29 is 19.1 Å². The van der Waals surface area contributed by atoms with Gasteiger partial charge in [0.05, 0.1) is 17.7 Å². The van der Waals surface area contributed by atoms with Crippen molar-refractivity contribution in [1.82, 2.24) is 0 Å². The highest BCUT2D eigenvalue weighted by Gasteiger charge is 2.33. The number of nitrogens with zero attached hydrogens (tertiary/aromatic N) is 1. The third-order valence-electron chi connectivity index (χ3n) is 4.78. The average Bonchev–Trinajstić information content (AvgIpc) is 3.12. The normalized spacial score (nSPS) is 14.4. The van der Waals surface area contributed by atoms with Crippen LogP contribution in [-0.2, 0) is 9.59 Å². The quantitative estimate of drug-likeness (QED) is 0.290. The number of amides is 2. The first kappa shape index (κ1) is 24.0. The lowest BCUT2D eigenvalue weighted by Crippen LogP contribution is -2.27. The van der Waals surface area contributed by atoms with Gasteiger partial charge in [0, 0.05) is 10.2 Å². The van der Waals surface area contributed by atoms with Crippen LogP contribution in [0.15, 0.2) is 82.2 Å². The summed E-state index contributed by atoms with van der Waals surface area (Å²) in [5.74, 6) is 0.755. The van der Waals surface area contributed by atoms with Crippen LogP contribution < -0.4 is 19.7 Å². The van der Waals surface area contributed by atoms with E-state index in [1.54, 1.807) is 67.8 Å².